The van der Waals surface area contributed by atoms with Crippen LogP contribution < -0.4 is 4.74 Å². The van der Waals surface area contributed by atoms with Gasteiger partial charge in [0.2, 0.25) is 15.9 Å². The summed E-state index contributed by atoms with van der Waals surface area (Å²) in [6.45, 7) is 7.10. The lowest BCUT2D eigenvalue weighted by Gasteiger charge is -2.26. The van der Waals surface area contributed by atoms with Crippen molar-refractivity contribution in [3.63, 3.8) is 0 Å². The van der Waals surface area contributed by atoms with E-state index in [1.807, 2.05) is 51.1 Å². The second-order valence-electron chi connectivity index (χ2n) is 9.37. The predicted molar refractivity (Wildman–Crippen MR) is 138 cm³/mol. The maximum Gasteiger partial charge on any atom is 0.242 e. The lowest BCUT2D eigenvalue weighted by Crippen LogP contribution is -2.36. The van der Waals surface area contributed by atoms with Gasteiger partial charge in [-0.15, -0.1) is 0 Å². The molecule has 0 radical (unpaired) electrons. The van der Waals surface area contributed by atoms with Gasteiger partial charge in [0.15, 0.2) is 5.52 Å². The van der Waals surface area contributed by atoms with E-state index in [1.165, 1.54) is 10.6 Å². The number of benzene rings is 1. The molecule has 0 bridgehead atoms. The van der Waals surface area contributed by atoms with Crippen LogP contribution in [0.2, 0.25) is 0 Å². The second kappa shape index (κ2) is 10.8. The molecular weight excluding hydrogens is 480 g/mol. The number of aliphatic hydroxyl groups is 1. The van der Waals surface area contributed by atoms with Gasteiger partial charge < -0.3 is 14.6 Å². The molecule has 3 aromatic rings. The fraction of sp³-hybridized carbons (Fsp3) is 0.500. The maximum atomic E-state index is 12.0. The van der Waals surface area contributed by atoms with E-state index in [0.717, 1.165) is 11.1 Å². The maximum absolute atomic E-state index is 12.0. The summed E-state index contributed by atoms with van der Waals surface area (Å²) in [6.07, 6.45) is 5.40. The molecule has 1 aliphatic heterocycles. The number of hydrogen-bond donors (Lipinski definition) is 1. The van der Waals surface area contributed by atoms with Gasteiger partial charge in [-0.1, -0.05) is 45.0 Å². The molecule has 1 aromatic carbocycles. The van der Waals surface area contributed by atoms with Crippen LogP contribution in [0.25, 0.3) is 22.3 Å². The van der Waals surface area contributed by atoms with Crippen molar-refractivity contribution >= 4 is 21.1 Å². The Hall–Kier alpha value is -2.66. The van der Waals surface area contributed by atoms with E-state index in [4.69, 9.17) is 14.5 Å². The van der Waals surface area contributed by atoms with E-state index in [0.29, 0.717) is 55.1 Å². The normalized spacial score (nSPS) is 19.8. The molecule has 194 valence electrons. The molecule has 1 N–H and O–H groups in total. The predicted octanol–water partition coefficient (Wildman–Crippen LogP) is 3.37. The van der Waals surface area contributed by atoms with Gasteiger partial charge in [0.05, 0.1) is 35.8 Å². The van der Waals surface area contributed by atoms with E-state index < -0.39 is 15.6 Å². The number of aromatic nitrogens is 3. The Labute approximate surface area is 212 Å². The van der Waals surface area contributed by atoms with Gasteiger partial charge in [-0.05, 0) is 30.4 Å². The molecule has 0 spiro atoms. The first-order chi connectivity index (χ1) is 17.1. The molecule has 36 heavy (non-hydrogen) atoms. The fourth-order valence-corrected chi connectivity index (χ4v) is 5.39. The summed E-state index contributed by atoms with van der Waals surface area (Å²) in [6, 6.07) is 9.61. The van der Waals surface area contributed by atoms with Crippen molar-refractivity contribution in [2.75, 3.05) is 32.6 Å². The summed E-state index contributed by atoms with van der Waals surface area (Å²) >= 11 is 0. The van der Waals surface area contributed by atoms with Crippen LogP contribution in [0.5, 0.6) is 5.88 Å². The molecule has 2 unspecified atom stereocenters. The zero-order chi connectivity index (χ0) is 25.9. The highest BCUT2D eigenvalue weighted by Gasteiger charge is 2.30. The summed E-state index contributed by atoms with van der Waals surface area (Å²) in [5, 5.41) is 10.8. The average Bonchev–Trinajstić information content (AvgIpc) is 3.08. The smallest absolute Gasteiger partial charge is 0.242 e. The summed E-state index contributed by atoms with van der Waals surface area (Å²) < 4.78 is 37.5. The number of fused-ring (bicyclic) bond motifs is 1. The third kappa shape index (κ3) is 5.67. The number of ether oxygens (including phenoxy) is 2. The van der Waals surface area contributed by atoms with Crippen LogP contribution in [0.15, 0.2) is 42.7 Å². The molecule has 4 rings (SSSR count). The molecule has 3 heterocycles. The number of rotatable bonds is 8. The van der Waals surface area contributed by atoms with Crippen molar-refractivity contribution in [1.82, 2.24) is 19.3 Å². The Morgan fingerprint density at radius 2 is 1.86 bits per heavy atom. The van der Waals surface area contributed by atoms with Crippen LogP contribution >= 0.6 is 0 Å². The van der Waals surface area contributed by atoms with Crippen molar-refractivity contribution < 1.29 is 23.0 Å². The first-order valence-electron chi connectivity index (χ1n) is 12.3. The van der Waals surface area contributed by atoms with Crippen molar-refractivity contribution in [3.05, 3.63) is 48.3 Å². The Morgan fingerprint density at radius 3 is 2.53 bits per heavy atom. The van der Waals surface area contributed by atoms with E-state index in [2.05, 4.69) is 9.97 Å². The second-order valence-corrected chi connectivity index (χ2v) is 11.4. The highest BCUT2D eigenvalue weighted by molar-refractivity contribution is 7.88. The van der Waals surface area contributed by atoms with Gasteiger partial charge >= 0.3 is 0 Å². The van der Waals surface area contributed by atoms with Crippen LogP contribution in [0.1, 0.15) is 39.2 Å². The third-order valence-corrected chi connectivity index (χ3v) is 8.23. The minimum Gasteiger partial charge on any atom is -0.473 e. The van der Waals surface area contributed by atoms with Crippen LogP contribution in [-0.4, -0.2) is 71.4 Å². The fourth-order valence-electron chi connectivity index (χ4n) is 4.48. The summed E-state index contributed by atoms with van der Waals surface area (Å²) in [5.74, 6) is 0.282. The van der Waals surface area contributed by atoms with Gasteiger partial charge in [0.1, 0.15) is 6.61 Å². The van der Waals surface area contributed by atoms with Crippen LogP contribution in [0.3, 0.4) is 0 Å². The number of nitrogens with zero attached hydrogens (tertiary/aromatic N) is 4. The molecule has 0 amide bonds. The Kier molecular flexibility index (Phi) is 7.89. The monoisotopic (exact) mass is 514 g/mol. The number of sulfonamides is 1. The van der Waals surface area contributed by atoms with E-state index >= 15 is 0 Å². The molecule has 9 nitrogen and oxygen atoms in total. The molecule has 0 saturated carbocycles. The molecule has 1 aliphatic rings. The minimum absolute atomic E-state index is 0.0637. The highest BCUT2D eigenvalue weighted by atomic mass is 32.2. The molecule has 2 aromatic heterocycles. The number of pyridine rings is 1. The lowest BCUT2D eigenvalue weighted by atomic mass is 9.88. The van der Waals surface area contributed by atoms with Crippen LogP contribution in [-0.2, 0) is 20.4 Å². The first kappa shape index (κ1) is 26.4. The van der Waals surface area contributed by atoms with Crippen molar-refractivity contribution in [3.8, 4) is 17.1 Å². The molecule has 1 fully saturated rings. The van der Waals surface area contributed by atoms with Gasteiger partial charge in [-0.3, -0.25) is 4.98 Å². The van der Waals surface area contributed by atoms with E-state index in [1.54, 1.807) is 12.4 Å². The molecule has 0 aliphatic carbocycles. The van der Waals surface area contributed by atoms with Gasteiger partial charge in [-0.25, -0.2) is 18.4 Å². The average molecular weight is 515 g/mol. The van der Waals surface area contributed by atoms with E-state index in [-0.39, 0.29) is 18.6 Å². The molecule has 10 heteroatoms. The molecule has 2 atom stereocenters. The standard InChI is InChI=1S/C26H34N4O5S/c1-5-26(31,6-2)20-9-7-19(8-10-20)21-15-22-24(28-12-11-27-22)25(29-21)35-17-23-18(3)16-30(13-14-34-23)36(4,32)33/h7-12,15,18,23,31H,5-6,13-14,16-17H2,1-4H3. The summed E-state index contributed by atoms with van der Waals surface area (Å²) in [4.78, 5) is 13.6. The first-order valence-corrected chi connectivity index (χ1v) is 14.1. The Bertz CT molecular complexity index is 1300. The van der Waals surface area contributed by atoms with Crippen LogP contribution in [0, 0.1) is 5.92 Å². The summed E-state index contributed by atoms with van der Waals surface area (Å²) in [7, 11) is -3.29. The molecular formula is C26H34N4O5S. The third-order valence-electron chi connectivity index (χ3n) is 6.96. The quantitative estimate of drug-likeness (QED) is 0.487. The van der Waals surface area contributed by atoms with Crippen molar-refractivity contribution in [1.29, 1.82) is 0 Å². The van der Waals surface area contributed by atoms with Gasteiger partial charge in [0, 0.05) is 31.0 Å². The SMILES string of the molecule is CCC(O)(CC)c1ccc(-c2cc3nccnc3c(OCC3OCCN(S(C)(=O)=O)CC3C)n2)cc1. The Morgan fingerprint density at radius 1 is 1.17 bits per heavy atom. The summed E-state index contributed by atoms with van der Waals surface area (Å²) in [5.41, 5.74) is 2.77. The topological polar surface area (TPSA) is 115 Å². The minimum atomic E-state index is -3.29. The zero-order valence-electron chi connectivity index (χ0n) is 21.2. The van der Waals surface area contributed by atoms with E-state index in [9.17, 15) is 13.5 Å². The largest absolute Gasteiger partial charge is 0.473 e. The van der Waals surface area contributed by atoms with Crippen molar-refractivity contribution in [2.24, 2.45) is 5.92 Å². The van der Waals surface area contributed by atoms with Gasteiger partial charge in [0.25, 0.3) is 0 Å². The number of hydrogen-bond acceptors (Lipinski definition) is 8. The van der Waals surface area contributed by atoms with Gasteiger partial charge in [-0.2, -0.15) is 4.31 Å². The van der Waals surface area contributed by atoms with Crippen LogP contribution in [0.4, 0.5) is 0 Å². The highest BCUT2D eigenvalue weighted by Crippen LogP contribution is 2.32. The Balaban J connectivity index is 1.59. The zero-order valence-corrected chi connectivity index (χ0v) is 22.0. The lowest BCUT2D eigenvalue weighted by molar-refractivity contribution is 0.00374. The van der Waals surface area contributed by atoms with Crippen molar-refractivity contribution in [2.45, 2.75) is 45.3 Å². The molecule has 1 saturated heterocycles.